The number of quaternary nitrogens is 1. The third-order valence-corrected chi connectivity index (χ3v) is 6.36. The van der Waals surface area contributed by atoms with Crippen LogP contribution in [0.15, 0.2) is 55.1 Å². The van der Waals surface area contributed by atoms with Gasteiger partial charge in [0.05, 0.1) is 20.6 Å². The number of likely N-dealkylation sites (N-methyl/N-ethyl adjacent to an activating group) is 1. The molecule has 0 radical (unpaired) electrons. The van der Waals surface area contributed by atoms with Gasteiger partial charge in [0.2, 0.25) is 0 Å². The summed E-state index contributed by atoms with van der Waals surface area (Å²) < 4.78 is 0.997. The SMILES string of the molecule is C=CC(c1ccccc1)[N+](C)(C)CCCCCCCCC=CCCCCCCCC. The Balaban J connectivity index is 2.01. The molecular formula is C29H50N+. The Morgan fingerprint density at radius 1 is 0.733 bits per heavy atom. The molecule has 0 heterocycles. The summed E-state index contributed by atoms with van der Waals surface area (Å²) >= 11 is 0. The van der Waals surface area contributed by atoms with Crippen LogP contribution in [-0.2, 0) is 0 Å². The van der Waals surface area contributed by atoms with Gasteiger partial charge in [-0.1, -0.05) is 107 Å². The molecule has 1 atom stereocenters. The lowest BCUT2D eigenvalue weighted by Crippen LogP contribution is -2.43. The molecular weight excluding hydrogens is 362 g/mol. The van der Waals surface area contributed by atoms with Gasteiger partial charge in [-0.05, 0) is 44.6 Å². The monoisotopic (exact) mass is 412 g/mol. The van der Waals surface area contributed by atoms with Crippen LogP contribution in [0.1, 0.15) is 108 Å². The first-order chi connectivity index (χ1) is 14.6. The van der Waals surface area contributed by atoms with Gasteiger partial charge in [-0.15, -0.1) is 0 Å². The maximum absolute atomic E-state index is 4.11. The number of nitrogens with zero attached hydrogens (tertiary/aromatic N) is 1. The summed E-state index contributed by atoms with van der Waals surface area (Å²) in [5, 5.41) is 0. The van der Waals surface area contributed by atoms with E-state index in [0.717, 1.165) is 4.48 Å². The number of allylic oxidation sites excluding steroid dienone is 2. The Labute approximate surface area is 188 Å². The summed E-state index contributed by atoms with van der Waals surface area (Å²) in [5.41, 5.74) is 1.38. The average molecular weight is 413 g/mol. The van der Waals surface area contributed by atoms with Crippen LogP contribution in [0.5, 0.6) is 0 Å². The van der Waals surface area contributed by atoms with Gasteiger partial charge < -0.3 is 4.48 Å². The highest BCUT2D eigenvalue weighted by molar-refractivity contribution is 5.20. The van der Waals surface area contributed by atoms with Crippen molar-refractivity contribution >= 4 is 0 Å². The van der Waals surface area contributed by atoms with E-state index in [1.54, 1.807) is 0 Å². The number of hydrogen-bond donors (Lipinski definition) is 0. The van der Waals surface area contributed by atoms with Crippen molar-refractivity contribution in [2.75, 3.05) is 20.6 Å². The first-order valence-corrected chi connectivity index (χ1v) is 12.8. The highest BCUT2D eigenvalue weighted by atomic mass is 15.3. The van der Waals surface area contributed by atoms with Crippen molar-refractivity contribution in [2.24, 2.45) is 0 Å². The van der Waals surface area contributed by atoms with Crippen LogP contribution in [0.4, 0.5) is 0 Å². The van der Waals surface area contributed by atoms with Crippen molar-refractivity contribution in [3.05, 3.63) is 60.7 Å². The van der Waals surface area contributed by atoms with E-state index in [2.05, 4.69) is 76.2 Å². The molecule has 0 bridgehead atoms. The highest BCUT2D eigenvalue weighted by Crippen LogP contribution is 2.26. The summed E-state index contributed by atoms with van der Waals surface area (Å²) in [5.74, 6) is 0. The molecule has 0 aliphatic carbocycles. The van der Waals surface area contributed by atoms with E-state index in [4.69, 9.17) is 0 Å². The summed E-state index contributed by atoms with van der Waals surface area (Å²) in [6.07, 6.45) is 26.1. The van der Waals surface area contributed by atoms with Gasteiger partial charge in [-0.25, -0.2) is 0 Å². The fraction of sp³-hybridized carbons (Fsp3) is 0.655. The van der Waals surface area contributed by atoms with Crippen LogP contribution in [0.2, 0.25) is 0 Å². The van der Waals surface area contributed by atoms with E-state index in [0.29, 0.717) is 6.04 Å². The topological polar surface area (TPSA) is 0 Å². The Morgan fingerprint density at radius 2 is 1.23 bits per heavy atom. The van der Waals surface area contributed by atoms with E-state index in [1.807, 2.05) is 0 Å². The van der Waals surface area contributed by atoms with Crippen molar-refractivity contribution in [1.82, 2.24) is 0 Å². The van der Waals surface area contributed by atoms with E-state index < -0.39 is 0 Å². The number of hydrogen-bond acceptors (Lipinski definition) is 0. The molecule has 1 heteroatoms. The van der Waals surface area contributed by atoms with Gasteiger partial charge in [0.25, 0.3) is 0 Å². The van der Waals surface area contributed by atoms with Gasteiger partial charge in [0, 0.05) is 5.56 Å². The molecule has 30 heavy (non-hydrogen) atoms. The molecule has 1 unspecified atom stereocenters. The molecule has 0 aliphatic heterocycles. The zero-order chi connectivity index (χ0) is 21.9. The van der Waals surface area contributed by atoms with Crippen LogP contribution >= 0.6 is 0 Å². The Morgan fingerprint density at radius 3 is 1.77 bits per heavy atom. The zero-order valence-corrected chi connectivity index (χ0v) is 20.5. The van der Waals surface area contributed by atoms with Gasteiger partial charge in [0.1, 0.15) is 6.04 Å². The molecule has 0 spiro atoms. The molecule has 1 aromatic carbocycles. The second-order valence-electron chi connectivity index (χ2n) is 9.53. The molecule has 0 fully saturated rings. The molecule has 0 N–H and O–H groups in total. The molecule has 1 nitrogen and oxygen atoms in total. The summed E-state index contributed by atoms with van der Waals surface area (Å²) in [7, 11) is 4.69. The van der Waals surface area contributed by atoms with Crippen molar-refractivity contribution in [3.63, 3.8) is 0 Å². The molecule has 170 valence electrons. The zero-order valence-electron chi connectivity index (χ0n) is 20.5. The van der Waals surface area contributed by atoms with E-state index in [9.17, 15) is 0 Å². The van der Waals surface area contributed by atoms with Crippen LogP contribution in [0.3, 0.4) is 0 Å². The Kier molecular flexibility index (Phi) is 15.4. The second-order valence-corrected chi connectivity index (χ2v) is 9.53. The lowest BCUT2D eigenvalue weighted by molar-refractivity contribution is -0.914. The van der Waals surface area contributed by atoms with Gasteiger partial charge in [0.15, 0.2) is 0 Å². The first kappa shape index (κ1) is 26.7. The van der Waals surface area contributed by atoms with Crippen molar-refractivity contribution in [3.8, 4) is 0 Å². The lowest BCUT2D eigenvalue weighted by atomic mass is 10.0. The maximum atomic E-state index is 4.11. The number of benzene rings is 1. The highest BCUT2D eigenvalue weighted by Gasteiger charge is 2.26. The molecule has 1 aromatic rings. The van der Waals surface area contributed by atoms with E-state index in [-0.39, 0.29) is 0 Å². The molecule has 0 saturated carbocycles. The minimum absolute atomic E-state index is 0.384. The third-order valence-electron chi connectivity index (χ3n) is 6.36. The van der Waals surface area contributed by atoms with Gasteiger partial charge in [-0.3, -0.25) is 0 Å². The standard InChI is InChI=1S/C29H50N/c1-5-7-8-9-10-11-12-13-14-15-16-17-18-19-20-24-27-30(3,4)29(6-2)28-25-22-21-23-26-28/h6,13-14,21-23,25-26,29H,2,5,7-12,15-20,24,27H2,1,3-4H3/q+1. The van der Waals surface area contributed by atoms with Crippen molar-refractivity contribution in [2.45, 2.75) is 103 Å². The second kappa shape index (κ2) is 17.4. The minimum Gasteiger partial charge on any atom is -0.319 e. The third kappa shape index (κ3) is 12.4. The normalized spacial score (nSPS) is 13.0. The summed E-state index contributed by atoms with van der Waals surface area (Å²) in [6, 6.07) is 11.2. The Bertz CT molecular complexity index is 543. The van der Waals surface area contributed by atoms with E-state index in [1.165, 1.54) is 102 Å². The van der Waals surface area contributed by atoms with Crippen LogP contribution in [0.25, 0.3) is 0 Å². The fourth-order valence-corrected chi connectivity index (χ4v) is 4.38. The number of unbranched alkanes of at least 4 members (excludes halogenated alkanes) is 12. The smallest absolute Gasteiger partial charge is 0.133 e. The largest absolute Gasteiger partial charge is 0.319 e. The van der Waals surface area contributed by atoms with Gasteiger partial charge in [-0.2, -0.15) is 0 Å². The van der Waals surface area contributed by atoms with Crippen LogP contribution < -0.4 is 0 Å². The van der Waals surface area contributed by atoms with Crippen LogP contribution in [0, 0.1) is 0 Å². The lowest BCUT2D eigenvalue weighted by Gasteiger charge is -2.37. The predicted octanol–water partition coefficient (Wildman–Crippen LogP) is 9.03. The Hall–Kier alpha value is -1.34. The summed E-state index contributed by atoms with van der Waals surface area (Å²) in [6.45, 7) is 7.61. The fourth-order valence-electron chi connectivity index (χ4n) is 4.38. The van der Waals surface area contributed by atoms with Gasteiger partial charge >= 0.3 is 0 Å². The quantitative estimate of drug-likeness (QED) is 0.121. The van der Waals surface area contributed by atoms with E-state index >= 15 is 0 Å². The summed E-state index contributed by atoms with van der Waals surface area (Å²) in [4.78, 5) is 0. The van der Waals surface area contributed by atoms with Crippen molar-refractivity contribution < 1.29 is 4.48 Å². The number of rotatable bonds is 19. The predicted molar refractivity (Wildman–Crippen MR) is 136 cm³/mol. The van der Waals surface area contributed by atoms with Crippen molar-refractivity contribution in [1.29, 1.82) is 0 Å². The minimum atomic E-state index is 0.384. The average Bonchev–Trinajstić information content (AvgIpc) is 2.74. The molecule has 0 aliphatic rings. The van der Waals surface area contributed by atoms with Crippen LogP contribution in [-0.4, -0.2) is 25.1 Å². The molecule has 0 saturated heterocycles. The molecule has 1 rings (SSSR count). The molecule has 0 aromatic heterocycles. The molecule has 0 amide bonds. The maximum Gasteiger partial charge on any atom is 0.133 e. The first-order valence-electron chi connectivity index (χ1n) is 12.8.